The van der Waals surface area contributed by atoms with Crippen LogP contribution in [-0.4, -0.2) is 25.6 Å². The second-order valence-corrected chi connectivity index (χ2v) is 8.27. The molecule has 0 saturated carbocycles. The number of nitrogens with zero attached hydrogens (tertiary/aromatic N) is 3. The van der Waals surface area contributed by atoms with Gasteiger partial charge in [0, 0.05) is 35.7 Å². The van der Waals surface area contributed by atoms with Crippen LogP contribution < -0.4 is 0 Å². The number of aromatic nitrogens is 3. The van der Waals surface area contributed by atoms with Crippen molar-refractivity contribution in [3.05, 3.63) is 64.5 Å². The molecule has 5 nitrogen and oxygen atoms in total. The van der Waals surface area contributed by atoms with Crippen molar-refractivity contribution >= 4 is 22.7 Å². The molecule has 0 N–H and O–H groups in total. The molecule has 6 rings (SSSR count). The van der Waals surface area contributed by atoms with Crippen LogP contribution in [0.5, 0.6) is 0 Å². The van der Waals surface area contributed by atoms with Gasteiger partial charge in [0.1, 0.15) is 5.65 Å². The largest absolute Gasteiger partial charge is 0.297 e. The van der Waals surface area contributed by atoms with Gasteiger partial charge in [-0.2, -0.15) is 5.10 Å². The Morgan fingerprint density at radius 1 is 0.862 bits per heavy atom. The van der Waals surface area contributed by atoms with Gasteiger partial charge >= 0.3 is 0 Å². The number of fused-ring (bicyclic) bond motifs is 8. The molecule has 29 heavy (non-hydrogen) atoms. The molecule has 0 aliphatic heterocycles. The minimum atomic E-state index is 0.160. The molecular formula is C24H21N3O2. The van der Waals surface area contributed by atoms with E-state index in [1.165, 1.54) is 5.56 Å². The molecule has 2 aliphatic carbocycles. The fourth-order valence-corrected chi connectivity index (χ4v) is 4.96. The van der Waals surface area contributed by atoms with Crippen molar-refractivity contribution in [3.63, 3.8) is 0 Å². The van der Waals surface area contributed by atoms with Crippen LogP contribution in [0.4, 0.5) is 0 Å². The number of aryl methyl sites for hydroxylation is 3. The molecule has 3 heterocycles. The Labute approximate surface area is 168 Å². The van der Waals surface area contributed by atoms with Crippen molar-refractivity contribution in [3.8, 4) is 11.3 Å². The van der Waals surface area contributed by atoms with Gasteiger partial charge in [-0.1, -0.05) is 29.8 Å². The number of ketones is 2. The first kappa shape index (κ1) is 16.7. The summed E-state index contributed by atoms with van der Waals surface area (Å²) in [4.78, 5) is 25.5. The van der Waals surface area contributed by atoms with E-state index in [9.17, 15) is 9.59 Å². The van der Waals surface area contributed by atoms with Crippen LogP contribution in [-0.2, 0) is 12.8 Å². The number of carbonyl (C=O) groups is 2. The van der Waals surface area contributed by atoms with Crippen molar-refractivity contribution < 1.29 is 9.59 Å². The highest BCUT2D eigenvalue weighted by atomic mass is 16.1. The minimum absolute atomic E-state index is 0.160. The normalized spacial score (nSPS) is 16.4. The van der Waals surface area contributed by atoms with E-state index < -0.39 is 0 Å². The standard InChI is InChI=1S/C24H21N3O2/c1-14-8-10-15(11-9-14)17-13-23-26-18-4-2-6-21(28)16(18)12-20(26)24-19(27(23)25-17)5-3-7-22(24)29/h8-13H,2-7H2,1H3. The summed E-state index contributed by atoms with van der Waals surface area (Å²) in [6, 6.07) is 12.4. The van der Waals surface area contributed by atoms with Gasteiger partial charge in [-0.3, -0.25) is 14.0 Å². The van der Waals surface area contributed by atoms with Gasteiger partial charge < -0.3 is 0 Å². The van der Waals surface area contributed by atoms with Gasteiger partial charge in [0.15, 0.2) is 11.6 Å². The molecule has 144 valence electrons. The number of Topliss-reactive ketones (excluding diaryl/α,β-unsaturated/α-hetero) is 2. The second kappa shape index (κ2) is 5.89. The first-order valence-electron chi connectivity index (χ1n) is 10.3. The van der Waals surface area contributed by atoms with E-state index in [2.05, 4.69) is 41.7 Å². The zero-order valence-corrected chi connectivity index (χ0v) is 16.4. The number of carbonyl (C=O) groups excluding carboxylic acids is 2. The Morgan fingerprint density at radius 2 is 1.59 bits per heavy atom. The van der Waals surface area contributed by atoms with Gasteiger partial charge in [-0.15, -0.1) is 0 Å². The van der Waals surface area contributed by atoms with Crippen LogP contribution >= 0.6 is 0 Å². The molecule has 1 aromatic carbocycles. The Kier molecular flexibility index (Phi) is 3.40. The highest BCUT2D eigenvalue weighted by Crippen LogP contribution is 2.35. The van der Waals surface area contributed by atoms with Crippen molar-refractivity contribution in [2.24, 2.45) is 0 Å². The molecule has 0 amide bonds. The summed E-state index contributed by atoms with van der Waals surface area (Å²) >= 11 is 0. The zero-order valence-electron chi connectivity index (χ0n) is 16.4. The van der Waals surface area contributed by atoms with Crippen molar-refractivity contribution in [1.82, 2.24) is 14.0 Å². The van der Waals surface area contributed by atoms with Crippen molar-refractivity contribution in [1.29, 1.82) is 0 Å². The van der Waals surface area contributed by atoms with E-state index in [4.69, 9.17) is 5.10 Å². The quantitative estimate of drug-likeness (QED) is 0.483. The molecule has 0 fully saturated rings. The summed E-state index contributed by atoms with van der Waals surface area (Å²) in [6.45, 7) is 2.07. The lowest BCUT2D eigenvalue weighted by molar-refractivity contribution is 0.0964. The summed E-state index contributed by atoms with van der Waals surface area (Å²) in [7, 11) is 0. The van der Waals surface area contributed by atoms with Crippen LogP contribution in [0.15, 0.2) is 36.4 Å². The van der Waals surface area contributed by atoms with Crippen LogP contribution in [0.3, 0.4) is 0 Å². The zero-order chi connectivity index (χ0) is 19.7. The number of hydrogen-bond acceptors (Lipinski definition) is 3. The van der Waals surface area contributed by atoms with E-state index >= 15 is 0 Å². The molecule has 0 saturated heterocycles. The summed E-state index contributed by atoms with van der Waals surface area (Å²) in [5.74, 6) is 0.344. The maximum absolute atomic E-state index is 12.9. The Morgan fingerprint density at radius 3 is 2.38 bits per heavy atom. The molecule has 0 bridgehead atoms. The molecular weight excluding hydrogens is 362 g/mol. The van der Waals surface area contributed by atoms with E-state index in [0.717, 1.165) is 70.6 Å². The van der Waals surface area contributed by atoms with Gasteiger partial charge in [0.2, 0.25) is 0 Å². The third kappa shape index (κ3) is 2.30. The highest BCUT2D eigenvalue weighted by Gasteiger charge is 2.30. The van der Waals surface area contributed by atoms with E-state index in [1.807, 2.05) is 10.6 Å². The first-order chi connectivity index (χ1) is 14.1. The van der Waals surface area contributed by atoms with E-state index in [1.54, 1.807) is 0 Å². The molecule has 0 atom stereocenters. The van der Waals surface area contributed by atoms with Gasteiger partial charge in [-0.05, 0) is 38.7 Å². The van der Waals surface area contributed by atoms with Gasteiger partial charge in [0.25, 0.3) is 0 Å². The fourth-order valence-electron chi connectivity index (χ4n) is 4.96. The summed E-state index contributed by atoms with van der Waals surface area (Å²) in [5.41, 5.74) is 8.52. The Bertz CT molecular complexity index is 1340. The van der Waals surface area contributed by atoms with Crippen LogP contribution in [0.2, 0.25) is 0 Å². The maximum atomic E-state index is 12.9. The van der Waals surface area contributed by atoms with E-state index in [-0.39, 0.29) is 11.6 Å². The number of rotatable bonds is 1. The van der Waals surface area contributed by atoms with Crippen LogP contribution in [0.25, 0.3) is 22.4 Å². The Hall–Kier alpha value is -3.21. The average Bonchev–Trinajstić information content (AvgIpc) is 3.31. The molecule has 2 aliphatic rings. The third-order valence-corrected chi connectivity index (χ3v) is 6.38. The number of hydrogen-bond donors (Lipinski definition) is 0. The predicted octanol–water partition coefficient (Wildman–Crippen LogP) is 4.60. The highest BCUT2D eigenvalue weighted by molar-refractivity contribution is 6.07. The monoisotopic (exact) mass is 383 g/mol. The lowest BCUT2D eigenvalue weighted by Gasteiger charge is -2.19. The van der Waals surface area contributed by atoms with Crippen molar-refractivity contribution in [2.75, 3.05) is 0 Å². The predicted molar refractivity (Wildman–Crippen MR) is 111 cm³/mol. The lowest BCUT2D eigenvalue weighted by Crippen LogP contribution is -2.18. The van der Waals surface area contributed by atoms with Gasteiger partial charge in [-0.25, -0.2) is 4.52 Å². The topological polar surface area (TPSA) is 55.9 Å². The summed E-state index contributed by atoms with van der Waals surface area (Å²) in [5, 5.41) is 4.92. The minimum Gasteiger partial charge on any atom is -0.297 e. The summed E-state index contributed by atoms with van der Waals surface area (Å²) < 4.78 is 4.08. The molecule has 5 heteroatoms. The average molecular weight is 383 g/mol. The van der Waals surface area contributed by atoms with Crippen molar-refractivity contribution in [2.45, 2.75) is 45.4 Å². The molecule has 4 aromatic rings. The van der Waals surface area contributed by atoms with Crippen LogP contribution in [0.1, 0.15) is 63.4 Å². The lowest BCUT2D eigenvalue weighted by atomic mass is 9.94. The van der Waals surface area contributed by atoms with E-state index in [0.29, 0.717) is 12.8 Å². The molecule has 0 unspecified atom stereocenters. The van der Waals surface area contributed by atoms with Crippen LogP contribution in [0, 0.1) is 6.92 Å². The Balaban J connectivity index is 1.74. The second-order valence-electron chi connectivity index (χ2n) is 8.27. The maximum Gasteiger partial charge on any atom is 0.166 e. The van der Waals surface area contributed by atoms with Gasteiger partial charge in [0.05, 0.1) is 22.5 Å². The summed E-state index contributed by atoms with van der Waals surface area (Å²) in [6.07, 6.45) is 4.52. The molecule has 0 radical (unpaired) electrons. The number of benzene rings is 1. The molecule has 0 spiro atoms. The first-order valence-corrected chi connectivity index (χ1v) is 10.3. The smallest absolute Gasteiger partial charge is 0.166 e. The molecule has 3 aromatic heterocycles. The third-order valence-electron chi connectivity index (χ3n) is 6.38. The SMILES string of the molecule is Cc1ccc(-c2cc3n(n2)c2c(c4cc5c(n43)CCCC5=O)C(=O)CCC2)cc1. The fraction of sp³-hybridized carbons (Fsp3) is 0.292.